The molecule has 0 saturated carbocycles. The Morgan fingerprint density at radius 2 is 1.57 bits per heavy atom. The van der Waals surface area contributed by atoms with Gasteiger partial charge in [0.05, 0.1) is 24.8 Å². The summed E-state index contributed by atoms with van der Waals surface area (Å²) in [5, 5.41) is 2.90. The molecule has 0 aliphatic heterocycles. The molecule has 10 heteroatoms. The molecular formula is C32H41N3O6S. The maximum Gasteiger partial charge on any atom is 0.264 e. The lowest BCUT2D eigenvalue weighted by Gasteiger charge is -2.34. The maximum absolute atomic E-state index is 14.3. The quantitative estimate of drug-likeness (QED) is 0.303. The summed E-state index contributed by atoms with van der Waals surface area (Å²) in [6, 6.07) is 17.8. The molecule has 9 nitrogen and oxygen atoms in total. The van der Waals surface area contributed by atoms with Crippen molar-refractivity contribution in [3.8, 4) is 11.5 Å². The highest BCUT2D eigenvalue weighted by atomic mass is 32.2. The van der Waals surface area contributed by atoms with Crippen LogP contribution in [-0.2, 0) is 26.2 Å². The van der Waals surface area contributed by atoms with E-state index >= 15 is 0 Å². The van der Waals surface area contributed by atoms with Crippen molar-refractivity contribution < 1.29 is 27.5 Å². The fourth-order valence-electron chi connectivity index (χ4n) is 4.61. The second-order valence-corrected chi connectivity index (χ2v) is 12.3. The lowest BCUT2D eigenvalue weighted by molar-refractivity contribution is -0.140. The Labute approximate surface area is 249 Å². The molecule has 0 saturated heterocycles. The molecule has 226 valence electrons. The second-order valence-electron chi connectivity index (χ2n) is 10.5. The molecule has 0 spiro atoms. The molecule has 3 aromatic rings. The van der Waals surface area contributed by atoms with Gasteiger partial charge in [0.2, 0.25) is 11.8 Å². The van der Waals surface area contributed by atoms with E-state index in [0.29, 0.717) is 17.9 Å². The lowest BCUT2D eigenvalue weighted by Crippen LogP contribution is -2.53. The molecule has 1 atom stereocenters. The minimum absolute atomic E-state index is 0.0356. The van der Waals surface area contributed by atoms with Gasteiger partial charge in [0.15, 0.2) is 0 Å². The van der Waals surface area contributed by atoms with Crippen LogP contribution in [0.2, 0.25) is 0 Å². The first-order valence-electron chi connectivity index (χ1n) is 13.9. The summed E-state index contributed by atoms with van der Waals surface area (Å²) in [7, 11) is -1.22. The van der Waals surface area contributed by atoms with E-state index in [1.54, 1.807) is 55.6 Å². The van der Waals surface area contributed by atoms with Gasteiger partial charge in [-0.3, -0.25) is 13.9 Å². The van der Waals surface area contributed by atoms with E-state index in [1.807, 2.05) is 40.7 Å². The third kappa shape index (κ3) is 7.82. The number of ether oxygens (including phenoxy) is 2. The molecular weight excluding hydrogens is 554 g/mol. The number of hydrogen-bond donors (Lipinski definition) is 1. The normalized spacial score (nSPS) is 12.0. The lowest BCUT2D eigenvalue weighted by atomic mass is 10.1. The number of sulfonamides is 1. The van der Waals surface area contributed by atoms with Crippen LogP contribution in [0.4, 0.5) is 5.69 Å². The van der Waals surface area contributed by atoms with Gasteiger partial charge in [-0.15, -0.1) is 0 Å². The average molecular weight is 596 g/mol. The molecule has 1 unspecified atom stereocenters. The molecule has 3 aromatic carbocycles. The summed E-state index contributed by atoms with van der Waals surface area (Å²) < 4.78 is 40.3. The smallest absolute Gasteiger partial charge is 0.264 e. The number of methoxy groups -OCH3 is 2. The minimum atomic E-state index is -4.22. The monoisotopic (exact) mass is 595 g/mol. The minimum Gasteiger partial charge on any atom is -0.497 e. The van der Waals surface area contributed by atoms with Crippen LogP contribution >= 0.6 is 0 Å². The Hall–Kier alpha value is -4.05. The maximum atomic E-state index is 14.3. The number of rotatable bonds is 13. The van der Waals surface area contributed by atoms with E-state index in [0.717, 1.165) is 21.0 Å². The van der Waals surface area contributed by atoms with E-state index in [2.05, 4.69) is 5.32 Å². The van der Waals surface area contributed by atoms with Crippen LogP contribution in [0.5, 0.6) is 11.5 Å². The van der Waals surface area contributed by atoms with Crippen molar-refractivity contribution in [2.24, 2.45) is 0 Å². The zero-order valence-electron chi connectivity index (χ0n) is 25.4. The van der Waals surface area contributed by atoms with Gasteiger partial charge < -0.3 is 19.7 Å². The van der Waals surface area contributed by atoms with Crippen molar-refractivity contribution in [1.29, 1.82) is 0 Å². The van der Waals surface area contributed by atoms with Crippen LogP contribution < -0.4 is 19.1 Å². The van der Waals surface area contributed by atoms with Crippen molar-refractivity contribution in [2.75, 3.05) is 25.1 Å². The van der Waals surface area contributed by atoms with E-state index in [-0.39, 0.29) is 29.1 Å². The van der Waals surface area contributed by atoms with E-state index < -0.39 is 28.5 Å². The third-order valence-electron chi connectivity index (χ3n) is 6.79. The van der Waals surface area contributed by atoms with Crippen LogP contribution in [0.15, 0.2) is 71.6 Å². The first-order valence-corrected chi connectivity index (χ1v) is 15.3. The fraction of sp³-hybridized carbons (Fsp3) is 0.375. The third-order valence-corrected chi connectivity index (χ3v) is 8.57. The number of nitrogens with one attached hydrogen (secondary N) is 1. The number of carbonyl (C=O) groups is 2. The zero-order valence-corrected chi connectivity index (χ0v) is 26.2. The number of nitrogens with zero attached hydrogens (tertiary/aromatic N) is 2. The molecule has 0 aromatic heterocycles. The Kier molecular flexibility index (Phi) is 11.0. The van der Waals surface area contributed by atoms with Crippen LogP contribution in [0, 0.1) is 13.8 Å². The summed E-state index contributed by atoms with van der Waals surface area (Å²) in [5.74, 6) is 0.0494. The summed E-state index contributed by atoms with van der Waals surface area (Å²) in [4.78, 5) is 29.0. The van der Waals surface area contributed by atoms with Crippen molar-refractivity contribution in [3.05, 3.63) is 83.4 Å². The van der Waals surface area contributed by atoms with Crippen LogP contribution in [0.25, 0.3) is 0 Å². The van der Waals surface area contributed by atoms with Crippen molar-refractivity contribution in [3.63, 3.8) is 0 Å². The SMILES string of the molecule is CCC(C(=O)NC(C)C)N(Cc1cccc(OC)c1)C(=O)CN(c1cc(C)ccc1OC)S(=O)(=O)c1ccc(C)cc1. The Bertz CT molecular complexity index is 1490. The Morgan fingerprint density at radius 3 is 2.17 bits per heavy atom. The van der Waals surface area contributed by atoms with Gasteiger partial charge in [-0.1, -0.05) is 42.8 Å². The molecule has 0 aliphatic rings. The summed E-state index contributed by atoms with van der Waals surface area (Å²) in [6.07, 6.45) is 0.326. The number of benzene rings is 3. The highest BCUT2D eigenvalue weighted by Gasteiger charge is 2.35. The number of amides is 2. The van der Waals surface area contributed by atoms with Gasteiger partial charge in [0, 0.05) is 12.6 Å². The van der Waals surface area contributed by atoms with Crippen molar-refractivity contribution in [1.82, 2.24) is 10.2 Å². The van der Waals surface area contributed by atoms with Crippen LogP contribution in [0.1, 0.15) is 43.9 Å². The van der Waals surface area contributed by atoms with Gasteiger partial charge in [-0.05, 0) is 81.6 Å². The zero-order chi connectivity index (χ0) is 31.0. The number of hydrogen-bond acceptors (Lipinski definition) is 6. The van der Waals surface area contributed by atoms with E-state index in [1.165, 1.54) is 24.1 Å². The molecule has 0 radical (unpaired) electrons. The predicted molar refractivity (Wildman–Crippen MR) is 164 cm³/mol. The molecule has 0 heterocycles. The highest BCUT2D eigenvalue weighted by Crippen LogP contribution is 2.34. The Morgan fingerprint density at radius 1 is 0.905 bits per heavy atom. The number of carbonyl (C=O) groups excluding carboxylic acids is 2. The number of anilines is 1. The van der Waals surface area contributed by atoms with E-state index in [4.69, 9.17) is 9.47 Å². The first kappa shape index (κ1) is 32.5. The van der Waals surface area contributed by atoms with Gasteiger partial charge in [0.25, 0.3) is 10.0 Å². The standard InChI is InChI=1S/C32H41N3O6S/c1-8-28(32(37)33-22(2)3)34(20-25-10-9-11-26(19-25)40-6)31(36)21-35(29-18-24(5)14-17-30(29)41-7)42(38,39)27-15-12-23(4)13-16-27/h9-19,22,28H,8,20-21H2,1-7H3,(H,33,37). The molecule has 0 aliphatic carbocycles. The van der Waals surface area contributed by atoms with E-state index in [9.17, 15) is 18.0 Å². The van der Waals surface area contributed by atoms with Crippen molar-refractivity contribution >= 4 is 27.5 Å². The van der Waals surface area contributed by atoms with Crippen LogP contribution in [0.3, 0.4) is 0 Å². The summed E-state index contributed by atoms with van der Waals surface area (Å²) in [6.45, 7) is 8.73. The molecule has 0 fully saturated rings. The van der Waals surface area contributed by atoms with Gasteiger partial charge in [-0.25, -0.2) is 8.42 Å². The van der Waals surface area contributed by atoms with Gasteiger partial charge >= 0.3 is 0 Å². The predicted octanol–water partition coefficient (Wildman–Crippen LogP) is 4.85. The Balaban J connectivity index is 2.14. The molecule has 0 bridgehead atoms. The molecule has 2 amide bonds. The van der Waals surface area contributed by atoms with Crippen molar-refractivity contribution in [2.45, 2.75) is 64.6 Å². The summed E-state index contributed by atoms with van der Waals surface area (Å²) >= 11 is 0. The largest absolute Gasteiger partial charge is 0.497 e. The fourth-order valence-corrected chi connectivity index (χ4v) is 6.03. The highest BCUT2D eigenvalue weighted by molar-refractivity contribution is 7.92. The van der Waals surface area contributed by atoms with Crippen LogP contribution in [-0.4, -0.2) is 58.0 Å². The molecule has 1 N–H and O–H groups in total. The van der Waals surface area contributed by atoms with Gasteiger partial charge in [-0.2, -0.15) is 0 Å². The average Bonchev–Trinajstić information content (AvgIpc) is 2.95. The first-order chi connectivity index (χ1) is 19.9. The molecule has 42 heavy (non-hydrogen) atoms. The molecule has 3 rings (SSSR count). The number of aryl methyl sites for hydroxylation is 2. The second kappa shape index (κ2) is 14.2. The van der Waals surface area contributed by atoms with Gasteiger partial charge in [0.1, 0.15) is 24.1 Å². The summed E-state index contributed by atoms with van der Waals surface area (Å²) in [5.41, 5.74) is 2.65. The topological polar surface area (TPSA) is 105 Å².